The summed E-state index contributed by atoms with van der Waals surface area (Å²) >= 11 is 0.929. The molecule has 0 aliphatic heterocycles. The lowest BCUT2D eigenvalue weighted by molar-refractivity contribution is -0.132. The number of carbonyl (C=O) groups excluding carboxylic acids is 1. The number of rotatable bonds is 3. The first-order valence-electron chi connectivity index (χ1n) is 9.68. The minimum Gasteiger partial charge on any atom is -0.389 e. The van der Waals surface area contributed by atoms with E-state index in [-0.39, 0.29) is 22.8 Å². The third kappa shape index (κ3) is 2.83. The lowest BCUT2D eigenvalue weighted by Crippen LogP contribution is -2.41. The van der Waals surface area contributed by atoms with Crippen molar-refractivity contribution in [2.75, 3.05) is 19.4 Å². The van der Waals surface area contributed by atoms with Gasteiger partial charge in [-0.15, -0.1) is 0 Å². The largest absolute Gasteiger partial charge is 0.389 e. The molecule has 2 aliphatic rings. The van der Waals surface area contributed by atoms with Crippen molar-refractivity contribution in [2.45, 2.75) is 24.7 Å². The molecule has 9 nitrogen and oxygen atoms in total. The van der Waals surface area contributed by atoms with E-state index in [0.29, 0.717) is 28.3 Å². The first kappa shape index (κ1) is 19.9. The molecule has 0 saturated heterocycles. The second-order valence-corrected chi connectivity index (χ2v) is 8.71. The molecule has 0 spiro atoms. The van der Waals surface area contributed by atoms with Crippen molar-refractivity contribution in [3.63, 3.8) is 0 Å². The molecule has 11 heteroatoms. The zero-order chi connectivity index (χ0) is 21.9. The van der Waals surface area contributed by atoms with E-state index in [2.05, 4.69) is 37.4 Å². The molecule has 0 bridgehead atoms. The number of thiophene rings is 1. The molecule has 0 aromatic carbocycles. The first-order valence-corrected chi connectivity index (χ1v) is 10.5. The fourth-order valence-electron chi connectivity index (χ4n) is 4.65. The molecule has 4 N–H and O–H groups in total. The summed E-state index contributed by atoms with van der Waals surface area (Å²) in [7, 11) is 3.21. The smallest absolute Gasteiger partial charge is 0.229 e. The number of fused-ring (bicyclic) bond motifs is 2. The van der Waals surface area contributed by atoms with Gasteiger partial charge in [0, 0.05) is 20.0 Å². The Morgan fingerprint density at radius 1 is 1.32 bits per heavy atom. The highest BCUT2D eigenvalue weighted by atomic mass is 32.1. The molecule has 5 rings (SSSR count). The normalized spacial score (nSPS) is 28.7. The average molecular weight is 442 g/mol. The van der Waals surface area contributed by atoms with E-state index >= 15 is 0 Å². The van der Waals surface area contributed by atoms with E-state index in [9.17, 15) is 19.4 Å². The second kappa shape index (κ2) is 6.98. The molecule has 0 radical (unpaired) electrons. The number of hydrogen-bond acceptors (Lipinski definition) is 8. The van der Waals surface area contributed by atoms with E-state index in [1.165, 1.54) is 19.4 Å². The Labute approximate surface area is 180 Å². The van der Waals surface area contributed by atoms with Gasteiger partial charge in [0.1, 0.15) is 6.10 Å². The minimum absolute atomic E-state index is 0.203. The summed E-state index contributed by atoms with van der Waals surface area (Å²) < 4.78 is 14.9. The molecule has 2 unspecified atom stereocenters. The number of hydrogen-bond donors (Lipinski definition) is 4. The van der Waals surface area contributed by atoms with Gasteiger partial charge in [-0.05, 0) is 30.4 Å². The van der Waals surface area contributed by atoms with Gasteiger partial charge in [-0.3, -0.25) is 4.79 Å². The van der Waals surface area contributed by atoms with Crippen LogP contribution >= 0.6 is 11.3 Å². The van der Waals surface area contributed by atoms with Crippen LogP contribution in [0.2, 0.25) is 0 Å². The van der Waals surface area contributed by atoms with Crippen molar-refractivity contribution in [3.8, 4) is 11.8 Å². The fraction of sp³-hybridized carbons (Fsp3) is 0.400. The summed E-state index contributed by atoms with van der Waals surface area (Å²) in [6.07, 6.45) is -0.329. The zero-order valence-electron chi connectivity index (χ0n) is 16.6. The van der Waals surface area contributed by atoms with Crippen LogP contribution < -0.4 is 10.6 Å². The highest BCUT2D eigenvalue weighted by Crippen LogP contribution is 2.67. The summed E-state index contributed by atoms with van der Waals surface area (Å²) in [5.74, 6) is 5.81. The van der Waals surface area contributed by atoms with Gasteiger partial charge in [0.05, 0.1) is 28.8 Å². The Bertz CT molecular complexity index is 1260. The van der Waals surface area contributed by atoms with Crippen molar-refractivity contribution in [3.05, 3.63) is 34.3 Å². The maximum absolute atomic E-state index is 13.2. The maximum Gasteiger partial charge on any atom is 0.229 e. The predicted octanol–water partition coefficient (Wildman–Crippen LogP) is 0.497. The summed E-state index contributed by atoms with van der Waals surface area (Å²) in [6, 6.07) is 2.36. The quantitative estimate of drug-likeness (QED) is 0.435. The molecule has 2 aliphatic carbocycles. The number of amides is 1. The van der Waals surface area contributed by atoms with Gasteiger partial charge in [-0.2, -0.15) is 4.39 Å². The second-order valence-electron chi connectivity index (χ2n) is 7.68. The van der Waals surface area contributed by atoms with Gasteiger partial charge in [0.15, 0.2) is 22.1 Å². The lowest BCUT2D eigenvalue weighted by atomic mass is 9.98. The van der Waals surface area contributed by atoms with Crippen molar-refractivity contribution in [2.24, 2.45) is 11.3 Å². The van der Waals surface area contributed by atoms with Crippen LogP contribution in [0.25, 0.3) is 11.2 Å². The van der Waals surface area contributed by atoms with Crippen LogP contribution in [-0.4, -0.2) is 61.9 Å². The van der Waals surface area contributed by atoms with Crippen LogP contribution in [0.4, 0.5) is 10.2 Å². The van der Waals surface area contributed by atoms with Gasteiger partial charge in [-0.25, -0.2) is 15.0 Å². The monoisotopic (exact) mass is 442 g/mol. The number of imidazole rings is 1. The van der Waals surface area contributed by atoms with E-state index in [4.69, 9.17) is 0 Å². The van der Waals surface area contributed by atoms with Crippen molar-refractivity contribution in [1.82, 2.24) is 24.8 Å². The predicted molar refractivity (Wildman–Crippen MR) is 111 cm³/mol. The number of carbonyl (C=O) groups is 1. The number of aromatic nitrogens is 4. The third-order valence-electron chi connectivity index (χ3n) is 6.17. The van der Waals surface area contributed by atoms with E-state index < -0.39 is 23.7 Å². The van der Waals surface area contributed by atoms with E-state index in [0.717, 1.165) is 11.3 Å². The Morgan fingerprint density at radius 2 is 2.13 bits per heavy atom. The molecule has 1 amide bonds. The number of nitrogens with zero attached hydrogens (tertiary/aromatic N) is 4. The number of anilines is 1. The summed E-state index contributed by atoms with van der Waals surface area (Å²) in [5, 5.41) is 26.6. The van der Waals surface area contributed by atoms with Gasteiger partial charge >= 0.3 is 0 Å². The van der Waals surface area contributed by atoms with Crippen LogP contribution in [0, 0.1) is 28.3 Å². The third-order valence-corrected chi connectivity index (χ3v) is 6.96. The fourth-order valence-corrected chi connectivity index (χ4v) is 5.23. The van der Waals surface area contributed by atoms with Crippen LogP contribution in [-0.2, 0) is 4.79 Å². The van der Waals surface area contributed by atoms with E-state index in [1.54, 1.807) is 17.7 Å². The molecule has 2 fully saturated rings. The van der Waals surface area contributed by atoms with Crippen molar-refractivity contribution < 1.29 is 19.4 Å². The number of aliphatic hydroxyl groups is 2. The number of nitrogens with one attached hydrogen (secondary N) is 2. The Morgan fingerprint density at radius 3 is 2.81 bits per heavy atom. The van der Waals surface area contributed by atoms with Crippen LogP contribution in [0.3, 0.4) is 0 Å². The molecular formula is C20H19FN6O3S. The standard InChI is InChI=1S/C20H19FN6O3S/c1-22-17-13-18(26-12(25-17)6-4-9-3-5-11(21)31-9)27(8-24-13)14-10-7-20(10,19(30)23-2)16(29)15(14)28/h3,5,8,10,14-16,28-29H,7H2,1-2H3,(H,23,30)(H,22,25,26)/t10-,14-,15?,16?,20+/m1/s1. The molecule has 5 atom stereocenters. The molecule has 31 heavy (non-hydrogen) atoms. The van der Waals surface area contributed by atoms with Crippen molar-refractivity contribution >= 4 is 34.2 Å². The Hall–Kier alpha value is -3.07. The molecule has 3 heterocycles. The number of aliphatic hydroxyl groups excluding tert-OH is 2. The van der Waals surface area contributed by atoms with Gasteiger partial charge in [0.2, 0.25) is 11.7 Å². The van der Waals surface area contributed by atoms with Crippen LogP contribution in [0.5, 0.6) is 0 Å². The molecule has 3 aromatic heterocycles. The Balaban J connectivity index is 1.58. The summed E-state index contributed by atoms with van der Waals surface area (Å²) in [4.78, 5) is 26.2. The van der Waals surface area contributed by atoms with Gasteiger partial charge in [-0.1, -0.05) is 11.3 Å². The molecule has 2 saturated carbocycles. The average Bonchev–Trinajstić information content (AvgIpc) is 3.02. The topological polar surface area (TPSA) is 125 Å². The summed E-state index contributed by atoms with van der Waals surface area (Å²) in [6.45, 7) is 0. The first-order chi connectivity index (χ1) is 14.9. The van der Waals surface area contributed by atoms with Gasteiger partial charge < -0.3 is 25.4 Å². The molecule has 160 valence electrons. The molecule has 3 aromatic rings. The highest BCUT2D eigenvalue weighted by molar-refractivity contribution is 7.10. The van der Waals surface area contributed by atoms with E-state index in [1.807, 2.05) is 0 Å². The minimum atomic E-state index is -1.18. The number of halogens is 1. The maximum atomic E-state index is 13.2. The van der Waals surface area contributed by atoms with Crippen molar-refractivity contribution in [1.29, 1.82) is 0 Å². The zero-order valence-corrected chi connectivity index (χ0v) is 17.4. The molecular weight excluding hydrogens is 423 g/mol. The Kier molecular flexibility index (Phi) is 4.47. The lowest BCUT2D eigenvalue weighted by Gasteiger charge is -2.23. The van der Waals surface area contributed by atoms with Crippen LogP contribution in [0.15, 0.2) is 18.5 Å². The van der Waals surface area contributed by atoms with Gasteiger partial charge in [0.25, 0.3) is 0 Å². The highest BCUT2D eigenvalue weighted by Gasteiger charge is 2.75. The SMILES string of the molecule is CNC(=O)[C@@]12C[C@@H]1[C@@H](n1cnc3c(NC)nc(C#Cc4ccc(F)s4)nc31)C(O)C2O. The van der Waals surface area contributed by atoms with Crippen LogP contribution in [0.1, 0.15) is 23.2 Å². The summed E-state index contributed by atoms with van der Waals surface area (Å²) in [5.41, 5.74) is -0.0907.